The minimum absolute atomic E-state index is 0.00553. The van der Waals surface area contributed by atoms with Crippen LogP contribution in [0.3, 0.4) is 0 Å². The molecule has 1 unspecified atom stereocenters. The van der Waals surface area contributed by atoms with Gasteiger partial charge in [0.05, 0.1) is 20.7 Å². The number of nitrogens with zero attached hydrogens (tertiary/aromatic N) is 1. The highest BCUT2D eigenvalue weighted by Gasteiger charge is 2.24. The minimum atomic E-state index is -0.0118. The number of amides is 1. The number of rotatable bonds is 5. The largest absolute Gasteiger partial charge is 0.344 e. The third-order valence-electron chi connectivity index (χ3n) is 5.12. The molecule has 3 aromatic rings. The topological polar surface area (TPSA) is 34.0 Å². The van der Waals surface area contributed by atoms with Crippen LogP contribution in [0.4, 0.5) is 0 Å². The molecule has 1 aromatic carbocycles. The van der Waals surface area contributed by atoms with E-state index in [1.807, 2.05) is 43.3 Å². The monoisotopic (exact) mass is 416 g/mol. The van der Waals surface area contributed by atoms with E-state index < -0.39 is 0 Å². The standard InChI is InChI=1S/C20H21BrN2OS/c1-13(15-8-3-2-4-9-15)22-20(24)17-10-18-19(16(21)12-25-18)23(17)11-14-6-5-7-14/h2-4,8-10,12-14H,5-7,11H2,1H3,(H,22,24). The van der Waals surface area contributed by atoms with Crippen molar-refractivity contribution < 1.29 is 4.79 Å². The summed E-state index contributed by atoms with van der Waals surface area (Å²) in [6, 6.07) is 12.1. The summed E-state index contributed by atoms with van der Waals surface area (Å²) in [4.78, 5) is 13.0. The molecule has 1 amide bonds. The Kier molecular flexibility index (Phi) is 4.69. The molecule has 1 N–H and O–H groups in total. The third kappa shape index (κ3) is 3.27. The van der Waals surface area contributed by atoms with E-state index in [0.717, 1.165) is 27.8 Å². The number of hydrogen-bond acceptors (Lipinski definition) is 2. The molecule has 1 aliphatic carbocycles. The Morgan fingerprint density at radius 2 is 2.12 bits per heavy atom. The van der Waals surface area contributed by atoms with Crippen LogP contribution in [0.15, 0.2) is 46.3 Å². The normalized spacial score (nSPS) is 15.9. The maximum atomic E-state index is 13.0. The first-order chi connectivity index (χ1) is 12.1. The van der Waals surface area contributed by atoms with Gasteiger partial charge in [0, 0.05) is 11.9 Å². The number of thiophene rings is 1. The fourth-order valence-corrected chi connectivity index (χ4v) is 5.13. The molecule has 0 bridgehead atoms. The zero-order valence-corrected chi connectivity index (χ0v) is 16.6. The van der Waals surface area contributed by atoms with Gasteiger partial charge in [0.25, 0.3) is 5.91 Å². The molecule has 25 heavy (non-hydrogen) atoms. The van der Waals surface area contributed by atoms with Crippen molar-refractivity contribution in [3.8, 4) is 0 Å². The number of halogens is 1. The average molecular weight is 417 g/mol. The van der Waals surface area contributed by atoms with Gasteiger partial charge in [-0.15, -0.1) is 11.3 Å². The van der Waals surface area contributed by atoms with Crippen LogP contribution >= 0.6 is 27.3 Å². The second kappa shape index (κ2) is 6.96. The van der Waals surface area contributed by atoms with E-state index in [1.54, 1.807) is 11.3 Å². The zero-order chi connectivity index (χ0) is 17.4. The Balaban J connectivity index is 1.63. The Hall–Kier alpha value is -1.59. The highest BCUT2D eigenvalue weighted by atomic mass is 79.9. The van der Waals surface area contributed by atoms with Gasteiger partial charge in [-0.3, -0.25) is 4.79 Å². The van der Waals surface area contributed by atoms with Crippen molar-refractivity contribution in [2.24, 2.45) is 5.92 Å². The van der Waals surface area contributed by atoms with E-state index in [-0.39, 0.29) is 11.9 Å². The molecule has 1 saturated carbocycles. The van der Waals surface area contributed by atoms with Crippen LogP contribution in [0.5, 0.6) is 0 Å². The summed E-state index contributed by atoms with van der Waals surface area (Å²) in [5, 5.41) is 5.27. The maximum absolute atomic E-state index is 13.0. The van der Waals surface area contributed by atoms with Gasteiger partial charge in [-0.05, 0) is 53.2 Å². The predicted molar refractivity (Wildman–Crippen MR) is 107 cm³/mol. The molecule has 2 aromatic heterocycles. The van der Waals surface area contributed by atoms with Crippen LogP contribution in [-0.4, -0.2) is 10.5 Å². The van der Waals surface area contributed by atoms with Gasteiger partial charge in [0.1, 0.15) is 5.69 Å². The van der Waals surface area contributed by atoms with Gasteiger partial charge in [0.15, 0.2) is 0 Å². The minimum Gasteiger partial charge on any atom is -0.344 e. The molecule has 0 spiro atoms. The molecule has 0 aliphatic heterocycles. The van der Waals surface area contributed by atoms with Crippen LogP contribution in [0.1, 0.15) is 48.3 Å². The lowest BCUT2D eigenvalue weighted by Crippen LogP contribution is -2.30. The summed E-state index contributed by atoms with van der Waals surface area (Å²) in [5.41, 5.74) is 3.06. The molecule has 1 aliphatic rings. The van der Waals surface area contributed by atoms with Gasteiger partial charge in [0.2, 0.25) is 0 Å². The number of carbonyl (C=O) groups is 1. The SMILES string of the molecule is CC(NC(=O)c1cc2scc(Br)c2n1CC1CCC1)c1ccccc1. The molecule has 1 atom stereocenters. The molecule has 2 heterocycles. The second-order valence-electron chi connectivity index (χ2n) is 6.84. The molecule has 3 nitrogen and oxygen atoms in total. The molecule has 0 radical (unpaired) electrons. The van der Waals surface area contributed by atoms with Crippen LogP contribution in [0, 0.1) is 5.92 Å². The molecule has 0 saturated heterocycles. The third-order valence-corrected chi connectivity index (χ3v) is 6.95. The Morgan fingerprint density at radius 3 is 2.80 bits per heavy atom. The lowest BCUT2D eigenvalue weighted by Gasteiger charge is -2.27. The molecule has 5 heteroatoms. The van der Waals surface area contributed by atoms with Crippen molar-refractivity contribution in [3.63, 3.8) is 0 Å². The second-order valence-corrected chi connectivity index (χ2v) is 8.61. The predicted octanol–water partition coefficient (Wildman–Crippen LogP) is 5.76. The number of aromatic nitrogens is 1. The number of carbonyl (C=O) groups excluding carboxylic acids is 1. The number of nitrogens with one attached hydrogen (secondary N) is 1. The van der Waals surface area contributed by atoms with E-state index in [4.69, 9.17) is 0 Å². The summed E-state index contributed by atoms with van der Waals surface area (Å²) < 4.78 is 4.47. The fourth-order valence-electron chi connectivity index (χ4n) is 3.44. The van der Waals surface area contributed by atoms with E-state index in [2.05, 4.69) is 31.2 Å². The maximum Gasteiger partial charge on any atom is 0.268 e. The van der Waals surface area contributed by atoms with Gasteiger partial charge < -0.3 is 9.88 Å². The zero-order valence-electron chi connectivity index (χ0n) is 14.2. The van der Waals surface area contributed by atoms with Crippen molar-refractivity contribution >= 4 is 43.4 Å². The van der Waals surface area contributed by atoms with Gasteiger partial charge >= 0.3 is 0 Å². The Bertz CT molecular complexity index is 895. The summed E-state index contributed by atoms with van der Waals surface area (Å²) in [6.45, 7) is 2.96. The molecular weight excluding hydrogens is 396 g/mol. The molecule has 4 rings (SSSR count). The van der Waals surface area contributed by atoms with E-state index >= 15 is 0 Å². The van der Waals surface area contributed by atoms with E-state index in [1.165, 1.54) is 24.0 Å². The summed E-state index contributed by atoms with van der Waals surface area (Å²) >= 11 is 5.34. The van der Waals surface area contributed by atoms with Crippen LogP contribution in [-0.2, 0) is 6.54 Å². The molecular formula is C20H21BrN2OS. The number of benzene rings is 1. The van der Waals surface area contributed by atoms with Crippen molar-refractivity contribution in [2.45, 2.75) is 38.8 Å². The fraction of sp³-hybridized carbons (Fsp3) is 0.350. The summed E-state index contributed by atoms with van der Waals surface area (Å²) in [7, 11) is 0. The average Bonchev–Trinajstić information content (AvgIpc) is 3.12. The van der Waals surface area contributed by atoms with Gasteiger partial charge in [-0.25, -0.2) is 0 Å². The first kappa shape index (κ1) is 16.9. The summed E-state index contributed by atoms with van der Waals surface area (Å²) in [5.74, 6) is 0.700. The number of hydrogen-bond donors (Lipinski definition) is 1. The first-order valence-electron chi connectivity index (χ1n) is 8.75. The van der Waals surface area contributed by atoms with E-state index in [0.29, 0.717) is 5.92 Å². The van der Waals surface area contributed by atoms with Crippen LogP contribution < -0.4 is 5.32 Å². The van der Waals surface area contributed by atoms with E-state index in [9.17, 15) is 4.79 Å². The lowest BCUT2D eigenvalue weighted by molar-refractivity contribution is 0.0928. The first-order valence-corrected chi connectivity index (χ1v) is 10.4. The smallest absolute Gasteiger partial charge is 0.268 e. The Morgan fingerprint density at radius 1 is 1.36 bits per heavy atom. The highest BCUT2D eigenvalue weighted by Crippen LogP contribution is 2.36. The van der Waals surface area contributed by atoms with Crippen molar-refractivity contribution in [2.75, 3.05) is 0 Å². The van der Waals surface area contributed by atoms with Crippen LogP contribution in [0.25, 0.3) is 10.2 Å². The highest BCUT2D eigenvalue weighted by molar-refractivity contribution is 9.10. The van der Waals surface area contributed by atoms with Crippen molar-refractivity contribution in [1.29, 1.82) is 0 Å². The lowest BCUT2D eigenvalue weighted by atomic mass is 9.85. The quantitative estimate of drug-likeness (QED) is 0.563. The Labute approximate surface area is 160 Å². The molecule has 1 fully saturated rings. The number of fused-ring (bicyclic) bond motifs is 1. The van der Waals surface area contributed by atoms with Crippen molar-refractivity contribution in [1.82, 2.24) is 9.88 Å². The van der Waals surface area contributed by atoms with Crippen LogP contribution in [0.2, 0.25) is 0 Å². The van der Waals surface area contributed by atoms with Crippen molar-refractivity contribution in [3.05, 3.63) is 57.5 Å². The molecule has 130 valence electrons. The van der Waals surface area contributed by atoms with Gasteiger partial charge in [-0.2, -0.15) is 0 Å². The summed E-state index contributed by atoms with van der Waals surface area (Å²) in [6.07, 6.45) is 3.85. The van der Waals surface area contributed by atoms with Gasteiger partial charge in [-0.1, -0.05) is 36.8 Å².